The maximum atomic E-state index is 5.62. The Labute approximate surface area is 112 Å². The van der Waals surface area contributed by atoms with E-state index in [1.165, 1.54) is 10.4 Å². The molecule has 3 nitrogen and oxygen atoms in total. The second-order valence-electron chi connectivity index (χ2n) is 4.25. The van der Waals surface area contributed by atoms with Crippen LogP contribution < -0.4 is 10.1 Å². The Morgan fingerprint density at radius 3 is 2.61 bits per heavy atom. The lowest BCUT2D eigenvalue weighted by Gasteiger charge is -2.09. The molecule has 0 aliphatic rings. The summed E-state index contributed by atoms with van der Waals surface area (Å²) >= 11 is 1.67. The van der Waals surface area contributed by atoms with Crippen LogP contribution in [0.15, 0.2) is 30.5 Å². The highest BCUT2D eigenvalue weighted by molar-refractivity contribution is 7.18. The Kier molecular flexibility index (Phi) is 4.20. The van der Waals surface area contributed by atoms with Crippen LogP contribution in [0.3, 0.4) is 0 Å². The molecular weight excluding hydrogens is 244 g/mol. The molecule has 1 aromatic heterocycles. The van der Waals surface area contributed by atoms with Crippen molar-refractivity contribution in [2.45, 2.75) is 26.9 Å². The number of aromatic nitrogens is 1. The van der Waals surface area contributed by atoms with E-state index in [9.17, 15) is 0 Å². The zero-order valence-electron chi connectivity index (χ0n) is 10.9. The van der Waals surface area contributed by atoms with Gasteiger partial charge in [-0.15, -0.1) is 0 Å². The minimum atomic E-state index is 0.208. The van der Waals surface area contributed by atoms with Gasteiger partial charge in [-0.25, -0.2) is 4.98 Å². The lowest BCUT2D eigenvalue weighted by atomic mass is 10.2. The van der Waals surface area contributed by atoms with Crippen LogP contribution in [0.25, 0.3) is 10.4 Å². The largest absolute Gasteiger partial charge is 0.491 e. The maximum absolute atomic E-state index is 5.62. The molecule has 0 amide bonds. The molecule has 0 radical (unpaired) electrons. The third-order valence-electron chi connectivity index (χ3n) is 2.34. The van der Waals surface area contributed by atoms with E-state index in [4.69, 9.17) is 4.74 Å². The Bertz CT molecular complexity index is 491. The number of nitrogens with zero attached hydrogens (tertiary/aromatic N) is 1. The third-order valence-corrected chi connectivity index (χ3v) is 3.35. The molecule has 1 N–H and O–H groups in total. The average Bonchev–Trinajstić information content (AvgIpc) is 2.78. The summed E-state index contributed by atoms with van der Waals surface area (Å²) in [5.74, 6) is 0.908. The molecule has 2 rings (SSSR count). The van der Waals surface area contributed by atoms with Crippen LogP contribution >= 0.6 is 11.3 Å². The van der Waals surface area contributed by atoms with Crippen LogP contribution in [0.1, 0.15) is 20.8 Å². The topological polar surface area (TPSA) is 34.2 Å². The van der Waals surface area contributed by atoms with Crippen LogP contribution in [-0.2, 0) is 0 Å². The molecule has 0 aliphatic heterocycles. The minimum absolute atomic E-state index is 0.208. The Morgan fingerprint density at radius 1 is 1.28 bits per heavy atom. The summed E-state index contributed by atoms with van der Waals surface area (Å²) in [5.41, 5.74) is 1.17. The van der Waals surface area contributed by atoms with Gasteiger partial charge in [0.1, 0.15) is 5.75 Å². The van der Waals surface area contributed by atoms with Crippen molar-refractivity contribution >= 4 is 16.5 Å². The third kappa shape index (κ3) is 3.23. The van der Waals surface area contributed by atoms with Gasteiger partial charge < -0.3 is 10.1 Å². The number of rotatable bonds is 5. The second kappa shape index (κ2) is 5.87. The molecule has 1 heterocycles. The average molecular weight is 262 g/mol. The van der Waals surface area contributed by atoms with Crippen molar-refractivity contribution in [3.8, 4) is 16.2 Å². The Hall–Kier alpha value is -1.55. The summed E-state index contributed by atoms with van der Waals surface area (Å²) in [7, 11) is 0. The molecule has 0 atom stereocenters. The first-order chi connectivity index (χ1) is 8.69. The van der Waals surface area contributed by atoms with Crippen LogP contribution in [-0.4, -0.2) is 17.6 Å². The van der Waals surface area contributed by atoms with Crippen molar-refractivity contribution in [3.63, 3.8) is 0 Å². The van der Waals surface area contributed by atoms with Crippen LogP contribution in [0.5, 0.6) is 5.75 Å². The second-order valence-corrected chi connectivity index (χ2v) is 5.28. The van der Waals surface area contributed by atoms with E-state index >= 15 is 0 Å². The normalized spacial score (nSPS) is 10.7. The Morgan fingerprint density at radius 2 is 2.00 bits per heavy atom. The molecule has 0 fully saturated rings. The highest BCUT2D eigenvalue weighted by Crippen LogP contribution is 2.30. The van der Waals surface area contributed by atoms with E-state index in [0.717, 1.165) is 17.4 Å². The molecule has 0 unspecified atom stereocenters. The number of hydrogen-bond acceptors (Lipinski definition) is 4. The number of benzene rings is 1. The summed E-state index contributed by atoms with van der Waals surface area (Å²) in [4.78, 5) is 5.50. The fourth-order valence-corrected chi connectivity index (χ4v) is 2.50. The predicted molar refractivity (Wildman–Crippen MR) is 77.5 cm³/mol. The van der Waals surface area contributed by atoms with Gasteiger partial charge in [-0.05, 0) is 50.6 Å². The van der Waals surface area contributed by atoms with Gasteiger partial charge >= 0.3 is 0 Å². The molecule has 0 saturated carbocycles. The SMILES string of the molecule is CCNc1ncc(-c2ccc(OC(C)C)cc2)s1. The van der Waals surface area contributed by atoms with Crippen molar-refractivity contribution < 1.29 is 4.74 Å². The summed E-state index contributed by atoms with van der Waals surface area (Å²) in [6.07, 6.45) is 2.11. The van der Waals surface area contributed by atoms with Gasteiger partial charge in [0.05, 0.1) is 11.0 Å². The van der Waals surface area contributed by atoms with Crippen molar-refractivity contribution in [1.29, 1.82) is 0 Å². The first kappa shape index (κ1) is 12.9. The van der Waals surface area contributed by atoms with Gasteiger partial charge in [0.15, 0.2) is 5.13 Å². The van der Waals surface area contributed by atoms with Gasteiger partial charge in [0.25, 0.3) is 0 Å². The van der Waals surface area contributed by atoms with Crippen molar-refractivity contribution in [2.75, 3.05) is 11.9 Å². The van der Waals surface area contributed by atoms with Crippen molar-refractivity contribution in [1.82, 2.24) is 4.98 Å². The lowest BCUT2D eigenvalue weighted by Crippen LogP contribution is -2.04. The number of thiazole rings is 1. The van der Waals surface area contributed by atoms with E-state index in [1.54, 1.807) is 11.3 Å². The number of hydrogen-bond donors (Lipinski definition) is 1. The fourth-order valence-electron chi connectivity index (χ4n) is 1.61. The molecule has 4 heteroatoms. The van der Waals surface area contributed by atoms with Gasteiger partial charge in [-0.2, -0.15) is 0 Å². The maximum Gasteiger partial charge on any atom is 0.183 e. The summed E-state index contributed by atoms with van der Waals surface area (Å²) in [5, 5.41) is 4.19. The van der Waals surface area contributed by atoms with Gasteiger partial charge in [0.2, 0.25) is 0 Å². The fraction of sp³-hybridized carbons (Fsp3) is 0.357. The number of ether oxygens (including phenoxy) is 1. The lowest BCUT2D eigenvalue weighted by molar-refractivity contribution is 0.242. The summed E-state index contributed by atoms with van der Waals surface area (Å²) in [6.45, 7) is 7.02. The van der Waals surface area contributed by atoms with Crippen LogP contribution in [0.2, 0.25) is 0 Å². The van der Waals surface area contributed by atoms with E-state index in [1.807, 2.05) is 32.2 Å². The number of nitrogens with one attached hydrogen (secondary N) is 1. The standard InChI is InChI=1S/C14H18N2OS/c1-4-15-14-16-9-13(18-14)11-5-7-12(8-6-11)17-10(2)3/h5-10H,4H2,1-3H3,(H,15,16). The van der Waals surface area contributed by atoms with Crippen molar-refractivity contribution in [3.05, 3.63) is 30.5 Å². The quantitative estimate of drug-likeness (QED) is 0.883. The van der Waals surface area contributed by atoms with E-state index < -0.39 is 0 Å². The van der Waals surface area contributed by atoms with E-state index in [0.29, 0.717) is 0 Å². The monoisotopic (exact) mass is 262 g/mol. The summed E-state index contributed by atoms with van der Waals surface area (Å²) in [6, 6.07) is 8.14. The predicted octanol–water partition coefficient (Wildman–Crippen LogP) is 4.03. The van der Waals surface area contributed by atoms with E-state index in [2.05, 4.69) is 29.4 Å². The molecule has 0 spiro atoms. The minimum Gasteiger partial charge on any atom is -0.491 e. The molecule has 0 aliphatic carbocycles. The zero-order chi connectivity index (χ0) is 13.0. The first-order valence-corrected chi connectivity index (χ1v) is 6.97. The van der Waals surface area contributed by atoms with Crippen LogP contribution in [0, 0.1) is 0 Å². The molecule has 2 aromatic rings. The zero-order valence-corrected chi connectivity index (χ0v) is 11.8. The highest BCUT2D eigenvalue weighted by atomic mass is 32.1. The van der Waals surface area contributed by atoms with Crippen molar-refractivity contribution in [2.24, 2.45) is 0 Å². The van der Waals surface area contributed by atoms with Gasteiger partial charge in [-0.3, -0.25) is 0 Å². The van der Waals surface area contributed by atoms with Gasteiger partial charge in [0, 0.05) is 12.7 Å². The van der Waals surface area contributed by atoms with Gasteiger partial charge in [-0.1, -0.05) is 11.3 Å². The Balaban J connectivity index is 2.12. The molecule has 18 heavy (non-hydrogen) atoms. The van der Waals surface area contributed by atoms with E-state index in [-0.39, 0.29) is 6.10 Å². The molecule has 0 saturated heterocycles. The number of anilines is 1. The molecule has 96 valence electrons. The molecule has 1 aromatic carbocycles. The summed E-state index contributed by atoms with van der Waals surface area (Å²) < 4.78 is 5.62. The first-order valence-electron chi connectivity index (χ1n) is 6.16. The molecule has 0 bridgehead atoms. The van der Waals surface area contributed by atoms with Crippen LogP contribution in [0.4, 0.5) is 5.13 Å². The molecular formula is C14H18N2OS. The highest BCUT2D eigenvalue weighted by Gasteiger charge is 2.04. The smallest absolute Gasteiger partial charge is 0.183 e.